The number of hydrogen-bond acceptors (Lipinski definition) is 5. The molecule has 1 aliphatic rings. The Kier molecular flexibility index (Phi) is 4.73. The second-order valence-electron chi connectivity index (χ2n) is 4.17. The van der Waals surface area contributed by atoms with Gasteiger partial charge in [0.25, 0.3) is 0 Å². The SMILES string of the molecule is COC(=O)CC[C@H]1CCS(=O)(=O)CC[C@@H]1O. The average molecular weight is 250 g/mol. The topological polar surface area (TPSA) is 80.7 Å². The summed E-state index contributed by atoms with van der Waals surface area (Å²) < 4.78 is 27.2. The molecule has 0 saturated carbocycles. The minimum absolute atomic E-state index is 0.0445. The summed E-state index contributed by atoms with van der Waals surface area (Å²) in [4.78, 5) is 11.0. The van der Waals surface area contributed by atoms with Crippen LogP contribution in [0.4, 0.5) is 0 Å². The minimum atomic E-state index is -3.01. The summed E-state index contributed by atoms with van der Waals surface area (Å²) >= 11 is 0. The van der Waals surface area contributed by atoms with Crippen molar-refractivity contribution in [3.8, 4) is 0 Å². The number of esters is 1. The molecule has 2 atom stereocenters. The van der Waals surface area contributed by atoms with Gasteiger partial charge in [0.05, 0.1) is 24.7 Å². The van der Waals surface area contributed by atoms with Crippen LogP contribution in [0.25, 0.3) is 0 Å². The number of methoxy groups -OCH3 is 1. The van der Waals surface area contributed by atoms with E-state index in [9.17, 15) is 18.3 Å². The molecule has 94 valence electrons. The van der Waals surface area contributed by atoms with Crippen LogP contribution in [0.2, 0.25) is 0 Å². The first-order chi connectivity index (χ1) is 7.44. The van der Waals surface area contributed by atoms with Gasteiger partial charge in [-0.1, -0.05) is 0 Å². The predicted molar refractivity (Wildman–Crippen MR) is 58.6 cm³/mol. The van der Waals surface area contributed by atoms with Gasteiger partial charge in [0.1, 0.15) is 9.84 Å². The molecule has 16 heavy (non-hydrogen) atoms. The normalized spacial score (nSPS) is 29.4. The largest absolute Gasteiger partial charge is 0.469 e. The van der Waals surface area contributed by atoms with Gasteiger partial charge in [-0.25, -0.2) is 8.42 Å². The van der Waals surface area contributed by atoms with Crippen molar-refractivity contribution >= 4 is 15.8 Å². The van der Waals surface area contributed by atoms with Crippen LogP contribution >= 0.6 is 0 Å². The van der Waals surface area contributed by atoms with E-state index in [0.29, 0.717) is 12.8 Å². The third kappa shape index (κ3) is 4.09. The monoisotopic (exact) mass is 250 g/mol. The molecular weight excluding hydrogens is 232 g/mol. The maximum absolute atomic E-state index is 11.4. The number of carbonyl (C=O) groups excluding carboxylic acids is 1. The van der Waals surface area contributed by atoms with Gasteiger partial charge >= 0.3 is 5.97 Å². The van der Waals surface area contributed by atoms with E-state index in [4.69, 9.17) is 0 Å². The molecule has 0 bridgehead atoms. The lowest BCUT2D eigenvalue weighted by Crippen LogP contribution is -2.21. The lowest BCUT2D eigenvalue weighted by molar-refractivity contribution is -0.141. The van der Waals surface area contributed by atoms with Crippen LogP contribution in [-0.2, 0) is 19.4 Å². The molecule has 0 aliphatic carbocycles. The van der Waals surface area contributed by atoms with Gasteiger partial charge in [-0.2, -0.15) is 0 Å². The van der Waals surface area contributed by atoms with E-state index >= 15 is 0 Å². The quantitative estimate of drug-likeness (QED) is 0.720. The van der Waals surface area contributed by atoms with Gasteiger partial charge in [0.2, 0.25) is 0 Å². The van der Waals surface area contributed by atoms with Gasteiger partial charge < -0.3 is 9.84 Å². The Hall–Kier alpha value is -0.620. The van der Waals surface area contributed by atoms with Gasteiger partial charge in [0.15, 0.2) is 0 Å². The second-order valence-corrected chi connectivity index (χ2v) is 6.48. The summed E-state index contributed by atoms with van der Waals surface area (Å²) in [5, 5.41) is 9.75. The molecule has 0 aromatic heterocycles. The third-order valence-electron chi connectivity index (χ3n) is 3.02. The highest BCUT2D eigenvalue weighted by molar-refractivity contribution is 7.91. The Balaban J connectivity index is 2.50. The van der Waals surface area contributed by atoms with E-state index < -0.39 is 15.9 Å². The molecule has 1 heterocycles. The lowest BCUT2D eigenvalue weighted by Gasteiger charge is -2.18. The number of aliphatic hydroxyl groups is 1. The van der Waals surface area contributed by atoms with Gasteiger partial charge in [-0.3, -0.25) is 4.79 Å². The second kappa shape index (κ2) is 5.63. The molecule has 0 amide bonds. The standard InChI is InChI=1S/C10H18O5S/c1-15-10(12)3-2-8-4-6-16(13,14)7-5-9(8)11/h8-9,11H,2-7H2,1H3/t8-,9-/m0/s1. The van der Waals surface area contributed by atoms with Crippen LogP contribution in [0.5, 0.6) is 0 Å². The molecule has 6 heteroatoms. The highest BCUT2D eigenvalue weighted by Crippen LogP contribution is 2.23. The molecule has 0 aromatic rings. The molecule has 1 aliphatic heterocycles. The zero-order chi connectivity index (χ0) is 12.2. The predicted octanol–water partition coefficient (Wildman–Crippen LogP) is 0.125. The summed E-state index contributed by atoms with van der Waals surface area (Å²) in [6, 6.07) is 0. The van der Waals surface area contributed by atoms with E-state index in [1.807, 2.05) is 0 Å². The molecule has 0 spiro atoms. The number of aliphatic hydroxyl groups excluding tert-OH is 1. The van der Waals surface area contributed by atoms with Crippen molar-refractivity contribution < 1.29 is 23.1 Å². The molecule has 0 aromatic carbocycles. The Bertz CT molecular complexity index is 335. The zero-order valence-corrected chi connectivity index (χ0v) is 10.2. The van der Waals surface area contributed by atoms with Crippen LogP contribution in [0.15, 0.2) is 0 Å². The Morgan fingerprint density at radius 2 is 2.00 bits per heavy atom. The third-order valence-corrected chi connectivity index (χ3v) is 4.73. The molecule has 1 fully saturated rings. The molecule has 1 rings (SSSR count). The molecular formula is C10H18O5S. The highest BCUT2D eigenvalue weighted by atomic mass is 32.2. The van der Waals surface area contributed by atoms with E-state index in [0.717, 1.165) is 0 Å². The zero-order valence-electron chi connectivity index (χ0n) is 9.39. The Labute approximate surface area is 95.7 Å². The molecule has 0 unspecified atom stereocenters. The maximum atomic E-state index is 11.4. The van der Waals surface area contributed by atoms with Crippen molar-refractivity contribution in [2.45, 2.75) is 31.8 Å². The fourth-order valence-corrected chi connectivity index (χ4v) is 3.37. The fraction of sp³-hybridized carbons (Fsp3) is 0.900. The smallest absolute Gasteiger partial charge is 0.305 e. The first-order valence-electron chi connectivity index (χ1n) is 5.40. The van der Waals surface area contributed by atoms with Crippen LogP contribution in [0.3, 0.4) is 0 Å². The van der Waals surface area contributed by atoms with Gasteiger partial charge in [0, 0.05) is 6.42 Å². The summed E-state index contributed by atoms with van der Waals surface area (Å²) in [7, 11) is -1.69. The summed E-state index contributed by atoms with van der Waals surface area (Å²) in [5.41, 5.74) is 0. The van der Waals surface area contributed by atoms with Crippen molar-refractivity contribution in [1.29, 1.82) is 0 Å². The van der Waals surface area contributed by atoms with E-state index in [-0.39, 0.29) is 36.2 Å². The Morgan fingerprint density at radius 1 is 1.38 bits per heavy atom. The van der Waals surface area contributed by atoms with Crippen LogP contribution in [0, 0.1) is 5.92 Å². The van der Waals surface area contributed by atoms with Crippen molar-refractivity contribution in [2.24, 2.45) is 5.92 Å². The number of carbonyl (C=O) groups is 1. The number of hydrogen-bond donors (Lipinski definition) is 1. The molecule has 0 radical (unpaired) electrons. The Morgan fingerprint density at radius 3 is 2.62 bits per heavy atom. The van der Waals surface area contributed by atoms with E-state index in [1.165, 1.54) is 7.11 Å². The van der Waals surface area contributed by atoms with Crippen molar-refractivity contribution in [2.75, 3.05) is 18.6 Å². The fourth-order valence-electron chi connectivity index (χ4n) is 1.90. The summed E-state index contributed by atoms with van der Waals surface area (Å²) in [5.74, 6) is -0.283. The number of sulfone groups is 1. The average Bonchev–Trinajstić information content (AvgIpc) is 2.37. The minimum Gasteiger partial charge on any atom is -0.469 e. The lowest BCUT2D eigenvalue weighted by atomic mass is 9.93. The van der Waals surface area contributed by atoms with Crippen molar-refractivity contribution in [3.05, 3.63) is 0 Å². The first kappa shape index (κ1) is 13.4. The summed E-state index contributed by atoms with van der Waals surface area (Å²) in [6.07, 6.45) is 0.804. The van der Waals surface area contributed by atoms with Crippen LogP contribution in [-0.4, -0.2) is 44.2 Å². The van der Waals surface area contributed by atoms with Crippen LogP contribution in [0.1, 0.15) is 25.7 Å². The van der Waals surface area contributed by atoms with Gasteiger partial charge in [-0.05, 0) is 25.2 Å². The molecule has 1 N–H and O–H groups in total. The van der Waals surface area contributed by atoms with Gasteiger partial charge in [-0.15, -0.1) is 0 Å². The van der Waals surface area contributed by atoms with Crippen molar-refractivity contribution in [1.82, 2.24) is 0 Å². The molecule has 5 nitrogen and oxygen atoms in total. The maximum Gasteiger partial charge on any atom is 0.305 e. The van der Waals surface area contributed by atoms with Crippen molar-refractivity contribution in [3.63, 3.8) is 0 Å². The number of rotatable bonds is 3. The highest BCUT2D eigenvalue weighted by Gasteiger charge is 2.28. The summed E-state index contributed by atoms with van der Waals surface area (Å²) in [6.45, 7) is 0. The van der Waals surface area contributed by atoms with E-state index in [1.54, 1.807) is 0 Å². The first-order valence-corrected chi connectivity index (χ1v) is 7.22. The molecule has 1 saturated heterocycles. The number of ether oxygens (including phenoxy) is 1. The van der Waals surface area contributed by atoms with Crippen LogP contribution < -0.4 is 0 Å². The van der Waals surface area contributed by atoms with E-state index in [2.05, 4.69) is 4.74 Å².